The molecule has 0 aliphatic heterocycles. The first-order valence-electron chi connectivity index (χ1n) is 6.86. The topological polar surface area (TPSA) is 83.3 Å². The van der Waals surface area contributed by atoms with Crippen molar-refractivity contribution >= 4 is 17.2 Å². The minimum absolute atomic E-state index is 0.204. The zero-order valence-electron chi connectivity index (χ0n) is 12.3. The Morgan fingerprint density at radius 1 is 1.50 bits per heavy atom. The number of rotatable bonds is 6. The highest BCUT2D eigenvalue weighted by Gasteiger charge is 2.15. The Morgan fingerprint density at radius 2 is 2.25 bits per heavy atom. The van der Waals surface area contributed by atoms with Gasteiger partial charge < -0.3 is 10.6 Å². The minimum atomic E-state index is 0.204. The zero-order chi connectivity index (χ0) is 14.7. The van der Waals surface area contributed by atoms with Crippen LogP contribution in [0.15, 0.2) is 18.5 Å². The normalized spacial score (nSPS) is 11.2. The van der Waals surface area contributed by atoms with Gasteiger partial charge in [-0.3, -0.25) is 5.41 Å². The van der Waals surface area contributed by atoms with Gasteiger partial charge in [0.25, 0.3) is 0 Å². The van der Waals surface area contributed by atoms with Crippen LogP contribution in [0.5, 0.6) is 0 Å². The first-order valence-corrected chi connectivity index (χ1v) is 6.86. The Hall–Kier alpha value is -2.11. The van der Waals surface area contributed by atoms with Crippen molar-refractivity contribution < 1.29 is 0 Å². The van der Waals surface area contributed by atoms with Gasteiger partial charge in [0.15, 0.2) is 5.82 Å². The van der Waals surface area contributed by atoms with Crippen LogP contribution in [0.1, 0.15) is 26.0 Å². The molecule has 6 nitrogen and oxygen atoms in total. The summed E-state index contributed by atoms with van der Waals surface area (Å²) in [5.74, 6) is 1.62. The summed E-state index contributed by atoms with van der Waals surface area (Å²) in [6.45, 7) is 7.89. The number of aromatic nitrogens is 3. The highest BCUT2D eigenvalue weighted by Crippen LogP contribution is 2.20. The molecule has 0 unspecified atom stereocenters. The SMILES string of the molecule is Cc1cc2c(N(CCC(=N)N)CC(C)C)nccn2n1. The number of hydrogen-bond acceptors (Lipinski definition) is 4. The summed E-state index contributed by atoms with van der Waals surface area (Å²) >= 11 is 0. The van der Waals surface area contributed by atoms with Crippen LogP contribution >= 0.6 is 0 Å². The number of amidine groups is 1. The maximum Gasteiger partial charge on any atom is 0.154 e. The minimum Gasteiger partial charge on any atom is -0.388 e. The molecule has 108 valence electrons. The van der Waals surface area contributed by atoms with E-state index in [-0.39, 0.29) is 5.84 Å². The molecule has 2 aromatic heterocycles. The molecule has 6 heteroatoms. The van der Waals surface area contributed by atoms with Crippen molar-refractivity contribution in [2.45, 2.75) is 27.2 Å². The van der Waals surface area contributed by atoms with E-state index in [1.165, 1.54) is 0 Å². The second-order valence-corrected chi connectivity index (χ2v) is 5.48. The third kappa shape index (κ3) is 3.26. The molecule has 0 fully saturated rings. The molecule has 0 spiro atoms. The van der Waals surface area contributed by atoms with Crippen LogP contribution in [0, 0.1) is 18.3 Å². The van der Waals surface area contributed by atoms with Gasteiger partial charge in [-0.25, -0.2) is 9.50 Å². The standard InChI is InChI=1S/C14H22N6/c1-10(2)9-19(6-4-13(15)16)14-12-8-11(3)18-20(12)7-5-17-14/h5,7-8,10H,4,6,9H2,1-3H3,(H3,15,16). The van der Waals surface area contributed by atoms with Crippen LogP contribution in [-0.2, 0) is 0 Å². The van der Waals surface area contributed by atoms with Crippen LogP contribution < -0.4 is 10.6 Å². The number of hydrogen-bond donors (Lipinski definition) is 2. The molecule has 0 aliphatic rings. The number of aryl methyl sites for hydroxylation is 1. The molecule has 0 saturated carbocycles. The lowest BCUT2D eigenvalue weighted by molar-refractivity contribution is 0.609. The van der Waals surface area contributed by atoms with E-state index in [0.29, 0.717) is 18.9 Å². The fourth-order valence-electron chi connectivity index (χ4n) is 2.25. The van der Waals surface area contributed by atoms with Gasteiger partial charge in [0.1, 0.15) is 5.52 Å². The summed E-state index contributed by atoms with van der Waals surface area (Å²) in [6, 6.07) is 2.03. The summed E-state index contributed by atoms with van der Waals surface area (Å²) in [7, 11) is 0. The predicted molar refractivity (Wildman–Crippen MR) is 81.3 cm³/mol. The lowest BCUT2D eigenvalue weighted by Gasteiger charge is -2.25. The third-order valence-electron chi connectivity index (χ3n) is 3.03. The van der Waals surface area contributed by atoms with Crippen molar-refractivity contribution in [1.29, 1.82) is 5.41 Å². The summed E-state index contributed by atoms with van der Waals surface area (Å²) in [5, 5.41) is 11.8. The van der Waals surface area contributed by atoms with E-state index in [4.69, 9.17) is 11.1 Å². The lowest BCUT2D eigenvalue weighted by Crippen LogP contribution is -2.32. The van der Waals surface area contributed by atoms with E-state index >= 15 is 0 Å². The average molecular weight is 274 g/mol. The van der Waals surface area contributed by atoms with E-state index in [0.717, 1.165) is 23.6 Å². The highest BCUT2D eigenvalue weighted by molar-refractivity contribution is 5.78. The smallest absolute Gasteiger partial charge is 0.154 e. The van der Waals surface area contributed by atoms with E-state index in [1.54, 1.807) is 6.20 Å². The number of nitrogens with one attached hydrogen (secondary N) is 1. The summed E-state index contributed by atoms with van der Waals surface area (Å²) < 4.78 is 1.85. The maximum atomic E-state index is 7.41. The number of fused-ring (bicyclic) bond motifs is 1. The molecule has 0 aliphatic carbocycles. The van der Waals surface area contributed by atoms with Crippen molar-refractivity contribution in [3.8, 4) is 0 Å². The first kappa shape index (κ1) is 14.3. The van der Waals surface area contributed by atoms with Gasteiger partial charge in [-0.1, -0.05) is 13.8 Å². The van der Waals surface area contributed by atoms with Crippen LogP contribution in [0.25, 0.3) is 5.52 Å². The van der Waals surface area contributed by atoms with Gasteiger partial charge in [0, 0.05) is 31.9 Å². The molecular weight excluding hydrogens is 252 g/mol. The van der Waals surface area contributed by atoms with Gasteiger partial charge in [-0.15, -0.1) is 0 Å². The second-order valence-electron chi connectivity index (χ2n) is 5.48. The molecule has 2 rings (SSSR count). The predicted octanol–water partition coefficient (Wildman–Crippen LogP) is 1.83. The van der Waals surface area contributed by atoms with Crippen LogP contribution in [0.2, 0.25) is 0 Å². The van der Waals surface area contributed by atoms with Gasteiger partial charge in [0.2, 0.25) is 0 Å². The molecule has 0 saturated heterocycles. The van der Waals surface area contributed by atoms with Crippen molar-refractivity contribution in [2.75, 3.05) is 18.0 Å². The molecule has 0 bridgehead atoms. The van der Waals surface area contributed by atoms with E-state index in [1.807, 2.05) is 23.7 Å². The molecule has 20 heavy (non-hydrogen) atoms. The van der Waals surface area contributed by atoms with E-state index in [9.17, 15) is 0 Å². The lowest BCUT2D eigenvalue weighted by atomic mass is 10.2. The molecule has 2 aromatic rings. The highest BCUT2D eigenvalue weighted by atomic mass is 15.3. The van der Waals surface area contributed by atoms with Gasteiger partial charge in [-0.2, -0.15) is 5.10 Å². The van der Waals surface area contributed by atoms with E-state index in [2.05, 4.69) is 28.8 Å². The quantitative estimate of drug-likeness (QED) is 0.622. The summed E-state index contributed by atoms with van der Waals surface area (Å²) in [5.41, 5.74) is 7.45. The fraction of sp³-hybridized carbons (Fsp3) is 0.500. The van der Waals surface area contributed by atoms with Crippen molar-refractivity contribution in [3.05, 3.63) is 24.2 Å². The van der Waals surface area contributed by atoms with Crippen molar-refractivity contribution in [2.24, 2.45) is 11.7 Å². The van der Waals surface area contributed by atoms with Crippen LogP contribution in [-0.4, -0.2) is 33.5 Å². The van der Waals surface area contributed by atoms with E-state index < -0.39 is 0 Å². The number of anilines is 1. The Labute approximate surface area is 119 Å². The number of nitrogens with two attached hydrogens (primary N) is 1. The summed E-state index contributed by atoms with van der Waals surface area (Å²) in [6.07, 6.45) is 4.16. The molecule has 2 heterocycles. The molecule has 3 N–H and O–H groups in total. The zero-order valence-corrected chi connectivity index (χ0v) is 12.3. The Bertz CT molecular complexity index is 601. The van der Waals surface area contributed by atoms with Gasteiger partial charge in [0.05, 0.1) is 11.5 Å². The molecular formula is C14H22N6. The molecule has 0 amide bonds. The largest absolute Gasteiger partial charge is 0.388 e. The van der Waals surface area contributed by atoms with Gasteiger partial charge >= 0.3 is 0 Å². The fourth-order valence-corrected chi connectivity index (χ4v) is 2.25. The Morgan fingerprint density at radius 3 is 2.90 bits per heavy atom. The second kappa shape index (κ2) is 5.90. The van der Waals surface area contributed by atoms with Gasteiger partial charge in [-0.05, 0) is 18.9 Å². The molecule has 0 radical (unpaired) electrons. The first-order chi connectivity index (χ1) is 9.47. The van der Waals surface area contributed by atoms with Crippen molar-refractivity contribution in [1.82, 2.24) is 14.6 Å². The van der Waals surface area contributed by atoms with Crippen molar-refractivity contribution in [3.63, 3.8) is 0 Å². The number of nitrogens with zero attached hydrogens (tertiary/aromatic N) is 4. The Balaban J connectivity index is 2.36. The summed E-state index contributed by atoms with van der Waals surface area (Å²) in [4.78, 5) is 6.69. The maximum absolute atomic E-state index is 7.41. The molecule has 0 aromatic carbocycles. The van der Waals surface area contributed by atoms with Crippen LogP contribution in [0.3, 0.4) is 0 Å². The third-order valence-corrected chi connectivity index (χ3v) is 3.03. The average Bonchev–Trinajstić information content (AvgIpc) is 2.73. The Kier molecular flexibility index (Phi) is 4.22. The van der Waals surface area contributed by atoms with Crippen LogP contribution in [0.4, 0.5) is 5.82 Å². The molecule has 0 atom stereocenters. The monoisotopic (exact) mass is 274 g/mol.